The SMILES string of the molecule is CC(NC(=O)c1ccc(-c2cc(Cl)ccc2Cl)o1)c1nnc2n1CCCCC2. The van der Waals surface area contributed by atoms with Crippen molar-refractivity contribution < 1.29 is 9.21 Å². The van der Waals surface area contributed by atoms with Crippen molar-refractivity contribution >= 4 is 29.1 Å². The smallest absolute Gasteiger partial charge is 0.287 e. The number of carbonyl (C=O) groups excluding carboxylic acids is 1. The zero-order chi connectivity index (χ0) is 19.7. The zero-order valence-corrected chi connectivity index (χ0v) is 16.9. The summed E-state index contributed by atoms with van der Waals surface area (Å²) >= 11 is 12.3. The van der Waals surface area contributed by atoms with E-state index in [9.17, 15) is 4.79 Å². The van der Waals surface area contributed by atoms with Crippen LogP contribution in [0.25, 0.3) is 11.3 Å². The predicted molar refractivity (Wildman–Crippen MR) is 108 cm³/mol. The van der Waals surface area contributed by atoms with Gasteiger partial charge in [0, 0.05) is 23.6 Å². The number of aryl methyl sites for hydroxylation is 1. The first-order chi connectivity index (χ1) is 13.5. The number of nitrogens with zero attached hydrogens (tertiary/aromatic N) is 3. The maximum absolute atomic E-state index is 12.7. The van der Waals surface area contributed by atoms with Crippen LogP contribution in [0.5, 0.6) is 0 Å². The molecule has 3 heterocycles. The molecule has 0 saturated carbocycles. The Balaban J connectivity index is 1.51. The van der Waals surface area contributed by atoms with E-state index in [1.165, 1.54) is 6.42 Å². The van der Waals surface area contributed by atoms with Crippen molar-refractivity contribution in [2.24, 2.45) is 0 Å². The van der Waals surface area contributed by atoms with Gasteiger partial charge >= 0.3 is 0 Å². The Kier molecular flexibility index (Phi) is 5.42. The van der Waals surface area contributed by atoms with Crippen molar-refractivity contribution in [1.82, 2.24) is 20.1 Å². The molecular formula is C20H20Cl2N4O2. The summed E-state index contributed by atoms with van der Waals surface area (Å²) in [6.07, 6.45) is 4.33. The summed E-state index contributed by atoms with van der Waals surface area (Å²) in [5, 5.41) is 12.6. The number of amides is 1. The quantitative estimate of drug-likeness (QED) is 0.642. The summed E-state index contributed by atoms with van der Waals surface area (Å²) < 4.78 is 7.84. The van der Waals surface area contributed by atoms with Gasteiger partial charge in [0.05, 0.1) is 11.1 Å². The van der Waals surface area contributed by atoms with Crippen LogP contribution in [0.4, 0.5) is 0 Å². The molecule has 8 heteroatoms. The van der Waals surface area contributed by atoms with Crippen LogP contribution in [0.2, 0.25) is 10.0 Å². The minimum absolute atomic E-state index is 0.202. The molecule has 28 heavy (non-hydrogen) atoms. The second-order valence-corrected chi connectivity index (χ2v) is 7.76. The highest BCUT2D eigenvalue weighted by Crippen LogP contribution is 2.32. The molecule has 1 aliphatic heterocycles. The number of hydrogen-bond donors (Lipinski definition) is 1. The molecule has 4 rings (SSSR count). The molecular weight excluding hydrogens is 399 g/mol. The van der Waals surface area contributed by atoms with Gasteiger partial charge in [-0.3, -0.25) is 4.79 Å². The molecule has 1 amide bonds. The van der Waals surface area contributed by atoms with E-state index >= 15 is 0 Å². The van der Waals surface area contributed by atoms with Gasteiger partial charge in [-0.1, -0.05) is 29.6 Å². The molecule has 0 bridgehead atoms. The van der Waals surface area contributed by atoms with E-state index in [0.717, 1.165) is 37.5 Å². The van der Waals surface area contributed by atoms with E-state index in [1.807, 2.05) is 6.92 Å². The number of rotatable bonds is 4. The summed E-state index contributed by atoms with van der Waals surface area (Å²) in [5.74, 6) is 2.14. The van der Waals surface area contributed by atoms with Crippen LogP contribution in [-0.2, 0) is 13.0 Å². The average molecular weight is 419 g/mol. The lowest BCUT2D eigenvalue weighted by atomic mass is 10.2. The summed E-state index contributed by atoms with van der Waals surface area (Å²) in [4.78, 5) is 12.7. The molecule has 1 aliphatic rings. The lowest BCUT2D eigenvalue weighted by molar-refractivity contribution is 0.0910. The second-order valence-electron chi connectivity index (χ2n) is 6.92. The third kappa shape index (κ3) is 3.80. The first-order valence-corrected chi connectivity index (χ1v) is 10.1. The molecule has 3 aromatic rings. The number of nitrogens with one attached hydrogen (secondary N) is 1. The maximum atomic E-state index is 12.7. The van der Waals surface area contributed by atoms with E-state index < -0.39 is 0 Å². The average Bonchev–Trinajstić information content (AvgIpc) is 3.26. The molecule has 1 atom stereocenters. The summed E-state index contributed by atoms with van der Waals surface area (Å²) in [7, 11) is 0. The molecule has 0 aliphatic carbocycles. The van der Waals surface area contributed by atoms with Crippen LogP contribution in [0.15, 0.2) is 34.7 Å². The van der Waals surface area contributed by atoms with Gasteiger partial charge in [-0.15, -0.1) is 10.2 Å². The molecule has 0 radical (unpaired) electrons. The van der Waals surface area contributed by atoms with Gasteiger partial charge in [0.25, 0.3) is 5.91 Å². The fourth-order valence-corrected chi connectivity index (χ4v) is 3.83. The number of furan rings is 1. The van der Waals surface area contributed by atoms with Crippen molar-refractivity contribution in [3.63, 3.8) is 0 Å². The molecule has 6 nitrogen and oxygen atoms in total. The Labute approximate surface area is 172 Å². The highest BCUT2D eigenvalue weighted by atomic mass is 35.5. The monoisotopic (exact) mass is 418 g/mol. The fraction of sp³-hybridized carbons (Fsp3) is 0.350. The summed E-state index contributed by atoms with van der Waals surface area (Å²) in [5.41, 5.74) is 0.643. The Hall–Kier alpha value is -2.31. The number of benzene rings is 1. The maximum Gasteiger partial charge on any atom is 0.287 e. The minimum atomic E-state index is -0.317. The molecule has 1 unspecified atom stereocenters. The highest BCUT2D eigenvalue weighted by Gasteiger charge is 2.22. The zero-order valence-electron chi connectivity index (χ0n) is 15.4. The van der Waals surface area contributed by atoms with Crippen LogP contribution >= 0.6 is 23.2 Å². The van der Waals surface area contributed by atoms with E-state index in [1.54, 1.807) is 30.3 Å². The van der Waals surface area contributed by atoms with Gasteiger partial charge in [0.2, 0.25) is 0 Å². The molecule has 0 saturated heterocycles. The number of hydrogen-bond acceptors (Lipinski definition) is 4. The molecule has 0 spiro atoms. The van der Waals surface area contributed by atoms with Crippen molar-refractivity contribution in [2.45, 2.75) is 45.2 Å². The van der Waals surface area contributed by atoms with Gasteiger partial charge < -0.3 is 14.3 Å². The van der Waals surface area contributed by atoms with Crippen LogP contribution in [0.1, 0.15) is 54.4 Å². The number of fused-ring (bicyclic) bond motifs is 1. The number of carbonyl (C=O) groups is 1. The number of aromatic nitrogens is 3. The first kappa shape index (κ1) is 19.0. The standard InChI is InChI=1S/C20H20Cl2N4O2/c1-12(19-25-24-18-5-3-2-4-10-26(18)19)23-20(27)17-9-8-16(28-17)14-11-13(21)6-7-15(14)22/h6-9,11-12H,2-5,10H2,1H3,(H,23,27). The third-order valence-electron chi connectivity index (χ3n) is 4.90. The molecule has 1 N–H and O–H groups in total. The Morgan fingerprint density at radius 3 is 2.89 bits per heavy atom. The van der Waals surface area contributed by atoms with E-state index in [0.29, 0.717) is 21.4 Å². The third-order valence-corrected chi connectivity index (χ3v) is 5.46. The van der Waals surface area contributed by atoms with Gasteiger partial charge in [-0.05, 0) is 50.1 Å². The van der Waals surface area contributed by atoms with Crippen molar-refractivity contribution in [2.75, 3.05) is 0 Å². The predicted octanol–water partition coefficient (Wildman–Crippen LogP) is 5.06. The van der Waals surface area contributed by atoms with E-state index in [-0.39, 0.29) is 17.7 Å². The Morgan fingerprint density at radius 2 is 2.04 bits per heavy atom. The first-order valence-electron chi connectivity index (χ1n) is 9.31. The van der Waals surface area contributed by atoms with Gasteiger partial charge in [0.1, 0.15) is 11.6 Å². The molecule has 1 aromatic carbocycles. The highest BCUT2D eigenvalue weighted by molar-refractivity contribution is 6.35. The lowest BCUT2D eigenvalue weighted by Gasteiger charge is -2.14. The van der Waals surface area contributed by atoms with Gasteiger partial charge in [-0.2, -0.15) is 0 Å². The van der Waals surface area contributed by atoms with Crippen LogP contribution in [0, 0.1) is 0 Å². The number of halogens is 2. The normalized spacial score (nSPS) is 15.0. The summed E-state index contributed by atoms with van der Waals surface area (Å²) in [6, 6.07) is 8.15. The second kappa shape index (κ2) is 7.97. The lowest BCUT2D eigenvalue weighted by Crippen LogP contribution is -2.28. The Morgan fingerprint density at radius 1 is 1.18 bits per heavy atom. The van der Waals surface area contributed by atoms with Gasteiger partial charge in [-0.25, -0.2) is 0 Å². The topological polar surface area (TPSA) is 73.0 Å². The molecule has 146 valence electrons. The van der Waals surface area contributed by atoms with Crippen molar-refractivity contribution in [3.8, 4) is 11.3 Å². The molecule has 0 fully saturated rings. The summed E-state index contributed by atoms with van der Waals surface area (Å²) in [6.45, 7) is 2.79. The Bertz CT molecular complexity index is 1010. The van der Waals surface area contributed by atoms with Crippen molar-refractivity contribution in [3.05, 3.63) is 57.8 Å². The fourth-order valence-electron chi connectivity index (χ4n) is 3.45. The van der Waals surface area contributed by atoms with Crippen LogP contribution < -0.4 is 5.32 Å². The molecule has 2 aromatic heterocycles. The van der Waals surface area contributed by atoms with Crippen LogP contribution in [0.3, 0.4) is 0 Å². The van der Waals surface area contributed by atoms with E-state index in [4.69, 9.17) is 27.6 Å². The van der Waals surface area contributed by atoms with Crippen molar-refractivity contribution in [1.29, 1.82) is 0 Å². The van der Waals surface area contributed by atoms with E-state index in [2.05, 4.69) is 20.1 Å². The van der Waals surface area contributed by atoms with Gasteiger partial charge in [0.15, 0.2) is 11.6 Å². The van der Waals surface area contributed by atoms with Crippen LogP contribution in [-0.4, -0.2) is 20.7 Å². The largest absolute Gasteiger partial charge is 0.451 e. The minimum Gasteiger partial charge on any atom is -0.451 e.